The molecule has 2 fully saturated rings. The minimum Gasteiger partial charge on any atom is -0.370 e. The highest BCUT2D eigenvalue weighted by atomic mass is 16.5. The standard InChI is InChI=1S/C13H25NO/c1-11-6-8-13(9-7-11,10-14-2)15-12-4-3-5-12/h11-12,14H,3-10H2,1-2H3. The highest BCUT2D eigenvalue weighted by molar-refractivity contribution is 4.90. The molecular formula is C13H25NO. The Bertz CT molecular complexity index is 193. The highest BCUT2D eigenvalue weighted by Crippen LogP contribution is 2.38. The summed E-state index contributed by atoms with van der Waals surface area (Å²) in [6.45, 7) is 3.41. The zero-order valence-corrected chi connectivity index (χ0v) is 10.2. The van der Waals surface area contributed by atoms with E-state index in [1.807, 2.05) is 7.05 Å². The summed E-state index contributed by atoms with van der Waals surface area (Å²) >= 11 is 0. The summed E-state index contributed by atoms with van der Waals surface area (Å²) in [6, 6.07) is 0. The van der Waals surface area contributed by atoms with Gasteiger partial charge in [-0.05, 0) is 57.9 Å². The summed E-state index contributed by atoms with van der Waals surface area (Å²) in [5.74, 6) is 0.903. The number of nitrogens with one attached hydrogen (secondary N) is 1. The lowest BCUT2D eigenvalue weighted by Gasteiger charge is -2.44. The number of ether oxygens (including phenoxy) is 1. The molecule has 0 aromatic heterocycles. The fourth-order valence-electron chi connectivity index (χ4n) is 2.79. The van der Waals surface area contributed by atoms with Gasteiger partial charge in [-0.25, -0.2) is 0 Å². The van der Waals surface area contributed by atoms with Crippen LogP contribution in [0.4, 0.5) is 0 Å². The zero-order chi connectivity index (χ0) is 10.7. The van der Waals surface area contributed by atoms with E-state index in [2.05, 4.69) is 12.2 Å². The van der Waals surface area contributed by atoms with Crippen LogP contribution in [0.1, 0.15) is 51.9 Å². The van der Waals surface area contributed by atoms with Crippen molar-refractivity contribution >= 4 is 0 Å². The summed E-state index contributed by atoms with van der Waals surface area (Å²) in [6.07, 6.45) is 9.73. The molecule has 0 amide bonds. The number of rotatable bonds is 4. The normalized spacial score (nSPS) is 37.6. The first kappa shape index (κ1) is 11.4. The molecule has 0 atom stereocenters. The molecule has 0 aromatic rings. The molecule has 0 spiro atoms. The lowest BCUT2D eigenvalue weighted by molar-refractivity contribution is -0.139. The van der Waals surface area contributed by atoms with Gasteiger partial charge in [-0.1, -0.05) is 6.92 Å². The van der Waals surface area contributed by atoms with Crippen molar-refractivity contribution in [3.8, 4) is 0 Å². The van der Waals surface area contributed by atoms with Gasteiger partial charge >= 0.3 is 0 Å². The van der Waals surface area contributed by atoms with E-state index in [-0.39, 0.29) is 5.60 Å². The quantitative estimate of drug-likeness (QED) is 0.772. The first-order valence-corrected chi connectivity index (χ1v) is 6.56. The number of likely N-dealkylation sites (N-methyl/N-ethyl adjacent to an activating group) is 1. The highest BCUT2D eigenvalue weighted by Gasteiger charge is 2.37. The molecule has 2 saturated carbocycles. The molecular weight excluding hydrogens is 186 g/mol. The van der Waals surface area contributed by atoms with Crippen LogP contribution in [-0.2, 0) is 4.74 Å². The van der Waals surface area contributed by atoms with E-state index in [4.69, 9.17) is 4.74 Å². The molecule has 15 heavy (non-hydrogen) atoms. The number of hydrogen-bond donors (Lipinski definition) is 1. The van der Waals surface area contributed by atoms with Gasteiger partial charge in [0.2, 0.25) is 0 Å². The lowest BCUT2D eigenvalue weighted by atomic mass is 9.78. The third-order valence-corrected chi connectivity index (χ3v) is 4.15. The first-order valence-electron chi connectivity index (χ1n) is 6.56. The maximum Gasteiger partial charge on any atom is 0.0810 e. The minimum absolute atomic E-state index is 0.173. The van der Waals surface area contributed by atoms with E-state index in [0.29, 0.717) is 6.10 Å². The van der Waals surface area contributed by atoms with E-state index in [0.717, 1.165) is 12.5 Å². The predicted molar refractivity (Wildman–Crippen MR) is 63.0 cm³/mol. The average molecular weight is 211 g/mol. The van der Waals surface area contributed by atoms with Crippen LogP contribution in [0.3, 0.4) is 0 Å². The molecule has 2 heteroatoms. The molecule has 1 N–H and O–H groups in total. The Hall–Kier alpha value is -0.0800. The van der Waals surface area contributed by atoms with Crippen LogP contribution in [0, 0.1) is 5.92 Å². The SMILES string of the molecule is CNCC1(OC2CCC2)CCC(C)CC1. The Morgan fingerprint density at radius 2 is 1.87 bits per heavy atom. The monoisotopic (exact) mass is 211 g/mol. The van der Waals surface area contributed by atoms with E-state index in [1.165, 1.54) is 44.9 Å². The van der Waals surface area contributed by atoms with E-state index in [9.17, 15) is 0 Å². The third-order valence-electron chi connectivity index (χ3n) is 4.15. The Morgan fingerprint density at radius 3 is 2.33 bits per heavy atom. The van der Waals surface area contributed by atoms with Crippen molar-refractivity contribution < 1.29 is 4.74 Å². The van der Waals surface area contributed by atoms with Crippen LogP contribution in [0.15, 0.2) is 0 Å². The molecule has 0 aromatic carbocycles. The minimum atomic E-state index is 0.173. The summed E-state index contributed by atoms with van der Waals surface area (Å²) in [7, 11) is 2.05. The van der Waals surface area contributed by atoms with Gasteiger partial charge in [-0.3, -0.25) is 0 Å². The Balaban J connectivity index is 1.90. The van der Waals surface area contributed by atoms with Crippen LogP contribution in [-0.4, -0.2) is 25.3 Å². The van der Waals surface area contributed by atoms with Crippen molar-refractivity contribution in [1.29, 1.82) is 0 Å². The van der Waals surface area contributed by atoms with Crippen LogP contribution in [0.25, 0.3) is 0 Å². The van der Waals surface area contributed by atoms with Crippen molar-refractivity contribution in [2.45, 2.75) is 63.6 Å². The van der Waals surface area contributed by atoms with Crippen LogP contribution in [0.2, 0.25) is 0 Å². The Morgan fingerprint density at radius 1 is 1.20 bits per heavy atom. The fourth-order valence-corrected chi connectivity index (χ4v) is 2.79. The molecule has 88 valence electrons. The van der Waals surface area contributed by atoms with E-state index >= 15 is 0 Å². The second kappa shape index (κ2) is 4.84. The first-order chi connectivity index (χ1) is 7.24. The predicted octanol–water partition coefficient (Wildman–Crippen LogP) is 2.72. The van der Waals surface area contributed by atoms with Gasteiger partial charge in [0.05, 0.1) is 11.7 Å². The van der Waals surface area contributed by atoms with E-state index < -0.39 is 0 Å². The summed E-state index contributed by atoms with van der Waals surface area (Å²) in [5, 5.41) is 3.32. The van der Waals surface area contributed by atoms with Crippen molar-refractivity contribution in [3.05, 3.63) is 0 Å². The number of hydrogen-bond acceptors (Lipinski definition) is 2. The summed E-state index contributed by atoms with van der Waals surface area (Å²) < 4.78 is 6.34. The fraction of sp³-hybridized carbons (Fsp3) is 1.00. The maximum atomic E-state index is 6.34. The molecule has 0 heterocycles. The topological polar surface area (TPSA) is 21.3 Å². The van der Waals surface area contributed by atoms with Crippen LogP contribution < -0.4 is 5.32 Å². The van der Waals surface area contributed by atoms with Crippen molar-refractivity contribution in [3.63, 3.8) is 0 Å². The molecule has 0 bridgehead atoms. The van der Waals surface area contributed by atoms with Gasteiger partial charge in [0, 0.05) is 6.54 Å². The van der Waals surface area contributed by atoms with Gasteiger partial charge in [0.15, 0.2) is 0 Å². The van der Waals surface area contributed by atoms with Gasteiger partial charge in [-0.2, -0.15) is 0 Å². The summed E-state index contributed by atoms with van der Waals surface area (Å²) in [5.41, 5.74) is 0.173. The Kier molecular flexibility index (Phi) is 3.68. The van der Waals surface area contributed by atoms with E-state index in [1.54, 1.807) is 0 Å². The second-order valence-corrected chi connectivity index (χ2v) is 5.57. The van der Waals surface area contributed by atoms with Crippen LogP contribution >= 0.6 is 0 Å². The lowest BCUT2D eigenvalue weighted by Crippen LogP contribution is -2.48. The zero-order valence-electron chi connectivity index (χ0n) is 10.2. The largest absolute Gasteiger partial charge is 0.370 e. The smallest absolute Gasteiger partial charge is 0.0810 e. The van der Waals surface area contributed by atoms with Crippen molar-refractivity contribution in [2.75, 3.05) is 13.6 Å². The van der Waals surface area contributed by atoms with Gasteiger partial charge in [0.25, 0.3) is 0 Å². The van der Waals surface area contributed by atoms with Gasteiger partial charge < -0.3 is 10.1 Å². The van der Waals surface area contributed by atoms with Crippen molar-refractivity contribution in [2.24, 2.45) is 5.92 Å². The Labute approximate surface area is 93.8 Å². The third kappa shape index (κ3) is 2.73. The molecule has 0 unspecified atom stereocenters. The molecule has 0 radical (unpaired) electrons. The van der Waals surface area contributed by atoms with Gasteiger partial charge in [0.1, 0.15) is 0 Å². The summed E-state index contributed by atoms with van der Waals surface area (Å²) in [4.78, 5) is 0. The molecule has 2 rings (SSSR count). The molecule has 2 nitrogen and oxygen atoms in total. The van der Waals surface area contributed by atoms with Crippen LogP contribution in [0.5, 0.6) is 0 Å². The van der Waals surface area contributed by atoms with Crippen molar-refractivity contribution in [1.82, 2.24) is 5.32 Å². The molecule has 0 aliphatic heterocycles. The maximum absolute atomic E-state index is 6.34. The van der Waals surface area contributed by atoms with Gasteiger partial charge in [-0.15, -0.1) is 0 Å². The molecule has 0 saturated heterocycles. The second-order valence-electron chi connectivity index (χ2n) is 5.57. The average Bonchev–Trinajstić information content (AvgIpc) is 2.17. The molecule has 2 aliphatic rings. The molecule has 2 aliphatic carbocycles.